The molecule has 4 nitrogen and oxygen atoms in total. The van der Waals surface area contributed by atoms with Gasteiger partial charge in [0.1, 0.15) is 11.5 Å². The van der Waals surface area contributed by atoms with Crippen molar-refractivity contribution in [3.05, 3.63) is 84.4 Å². The van der Waals surface area contributed by atoms with Gasteiger partial charge in [0.05, 0.1) is 12.2 Å². The lowest BCUT2D eigenvalue weighted by atomic mass is 10.1. The SMILES string of the molecule is COCCCCCCOc1ccc(-c2ccc(OC(=O)c3ccccc3)cc2)cc1. The van der Waals surface area contributed by atoms with Crippen LogP contribution in [0.15, 0.2) is 78.9 Å². The van der Waals surface area contributed by atoms with E-state index in [4.69, 9.17) is 14.2 Å². The van der Waals surface area contributed by atoms with Gasteiger partial charge in [-0.15, -0.1) is 0 Å². The Labute approximate surface area is 178 Å². The van der Waals surface area contributed by atoms with Gasteiger partial charge in [0.15, 0.2) is 0 Å². The summed E-state index contributed by atoms with van der Waals surface area (Å²) >= 11 is 0. The lowest BCUT2D eigenvalue weighted by Crippen LogP contribution is -2.07. The molecule has 0 saturated heterocycles. The van der Waals surface area contributed by atoms with Gasteiger partial charge in [-0.2, -0.15) is 0 Å². The van der Waals surface area contributed by atoms with E-state index in [0.717, 1.165) is 49.4 Å². The summed E-state index contributed by atoms with van der Waals surface area (Å²) in [7, 11) is 1.74. The highest BCUT2D eigenvalue weighted by atomic mass is 16.5. The summed E-state index contributed by atoms with van der Waals surface area (Å²) in [6.07, 6.45) is 4.49. The van der Waals surface area contributed by atoms with Crippen LogP contribution in [0, 0.1) is 0 Å². The van der Waals surface area contributed by atoms with Gasteiger partial charge in [0.2, 0.25) is 0 Å². The molecule has 0 heterocycles. The van der Waals surface area contributed by atoms with E-state index < -0.39 is 0 Å². The summed E-state index contributed by atoms with van der Waals surface area (Å²) in [5, 5.41) is 0. The fraction of sp³-hybridized carbons (Fsp3) is 0.269. The number of unbranched alkanes of at least 4 members (excludes halogenated alkanes) is 3. The standard InChI is InChI=1S/C26H28O4/c1-28-19-7-2-3-8-20-29-24-15-11-21(12-16-24)22-13-17-25(18-14-22)30-26(27)23-9-5-4-6-10-23/h4-6,9-18H,2-3,7-8,19-20H2,1H3. The molecule has 0 atom stereocenters. The van der Waals surface area contributed by atoms with Crippen LogP contribution in [0.3, 0.4) is 0 Å². The average molecular weight is 405 g/mol. The molecule has 0 aliphatic heterocycles. The maximum absolute atomic E-state index is 12.1. The lowest BCUT2D eigenvalue weighted by Gasteiger charge is -2.08. The van der Waals surface area contributed by atoms with Crippen LogP contribution in [0.4, 0.5) is 0 Å². The number of hydrogen-bond acceptors (Lipinski definition) is 4. The number of esters is 1. The van der Waals surface area contributed by atoms with E-state index in [9.17, 15) is 4.79 Å². The Morgan fingerprint density at radius 2 is 1.23 bits per heavy atom. The Kier molecular flexibility index (Phi) is 8.48. The number of ether oxygens (including phenoxy) is 3. The molecule has 0 radical (unpaired) electrons. The Bertz CT molecular complexity index is 887. The van der Waals surface area contributed by atoms with Crippen LogP contribution >= 0.6 is 0 Å². The van der Waals surface area contributed by atoms with E-state index in [-0.39, 0.29) is 5.97 Å². The number of hydrogen-bond donors (Lipinski definition) is 0. The second kappa shape index (κ2) is 11.8. The van der Waals surface area contributed by atoms with Crippen LogP contribution in [0.5, 0.6) is 11.5 Å². The molecule has 0 aliphatic rings. The molecule has 156 valence electrons. The molecule has 0 amide bonds. The Balaban J connectivity index is 1.47. The first-order valence-corrected chi connectivity index (χ1v) is 10.4. The van der Waals surface area contributed by atoms with Crippen molar-refractivity contribution < 1.29 is 19.0 Å². The summed E-state index contributed by atoms with van der Waals surface area (Å²) in [4.78, 5) is 12.1. The van der Waals surface area contributed by atoms with Crippen molar-refractivity contribution in [3.8, 4) is 22.6 Å². The summed E-state index contributed by atoms with van der Waals surface area (Å²) in [6.45, 7) is 1.56. The third-order valence-electron chi connectivity index (χ3n) is 4.77. The maximum atomic E-state index is 12.1. The summed E-state index contributed by atoms with van der Waals surface area (Å²) < 4.78 is 16.3. The number of methoxy groups -OCH3 is 1. The normalized spacial score (nSPS) is 10.6. The zero-order chi connectivity index (χ0) is 21.0. The highest BCUT2D eigenvalue weighted by Gasteiger charge is 2.08. The molecule has 0 N–H and O–H groups in total. The van der Waals surface area contributed by atoms with Crippen molar-refractivity contribution in [2.75, 3.05) is 20.3 Å². The van der Waals surface area contributed by atoms with Gasteiger partial charge in [-0.3, -0.25) is 0 Å². The fourth-order valence-corrected chi connectivity index (χ4v) is 3.09. The maximum Gasteiger partial charge on any atom is 0.343 e. The Morgan fingerprint density at radius 3 is 1.83 bits per heavy atom. The van der Waals surface area contributed by atoms with E-state index in [1.807, 2.05) is 66.7 Å². The molecular formula is C26H28O4. The second-order valence-corrected chi connectivity index (χ2v) is 7.06. The Morgan fingerprint density at radius 1 is 0.667 bits per heavy atom. The molecule has 0 aliphatic carbocycles. The summed E-state index contributed by atoms with van der Waals surface area (Å²) in [6, 6.07) is 24.5. The minimum absolute atomic E-state index is 0.358. The van der Waals surface area contributed by atoms with Gasteiger partial charge < -0.3 is 14.2 Å². The molecule has 0 spiro atoms. The molecule has 0 aromatic heterocycles. The molecule has 30 heavy (non-hydrogen) atoms. The van der Waals surface area contributed by atoms with Gasteiger partial charge in [0.25, 0.3) is 0 Å². The van der Waals surface area contributed by atoms with Crippen molar-refractivity contribution in [3.63, 3.8) is 0 Å². The van der Waals surface area contributed by atoms with E-state index in [1.54, 1.807) is 19.2 Å². The minimum atomic E-state index is -0.358. The highest BCUT2D eigenvalue weighted by molar-refractivity contribution is 5.91. The molecule has 4 heteroatoms. The third-order valence-corrected chi connectivity index (χ3v) is 4.77. The van der Waals surface area contributed by atoms with Crippen LogP contribution < -0.4 is 9.47 Å². The predicted molar refractivity (Wildman–Crippen MR) is 119 cm³/mol. The number of carbonyl (C=O) groups is 1. The lowest BCUT2D eigenvalue weighted by molar-refractivity contribution is 0.0735. The number of rotatable bonds is 11. The molecule has 3 aromatic rings. The molecule has 3 rings (SSSR count). The van der Waals surface area contributed by atoms with Gasteiger partial charge in [-0.25, -0.2) is 4.79 Å². The zero-order valence-electron chi connectivity index (χ0n) is 17.4. The van der Waals surface area contributed by atoms with Crippen LogP contribution in [0.2, 0.25) is 0 Å². The highest BCUT2D eigenvalue weighted by Crippen LogP contribution is 2.25. The molecule has 0 bridgehead atoms. The van der Waals surface area contributed by atoms with Gasteiger partial charge in [-0.05, 0) is 66.8 Å². The smallest absolute Gasteiger partial charge is 0.343 e. The molecule has 0 unspecified atom stereocenters. The van der Waals surface area contributed by atoms with Crippen LogP contribution in [-0.2, 0) is 4.74 Å². The molecule has 3 aromatic carbocycles. The van der Waals surface area contributed by atoms with Crippen LogP contribution in [0.1, 0.15) is 36.0 Å². The van der Waals surface area contributed by atoms with Crippen molar-refractivity contribution in [2.24, 2.45) is 0 Å². The summed E-state index contributed by atoms with van der Waals surface area (Å²) in [5.74, 6) is 1.05. The van der Waals surface area contributed by atoms with Gasteiger partial charge >= 0.3 is 5.97 Å². The molecular weight excluding hydrogens is 376 g/mol. The largest absolute Gasteiger partial charge is 0.494 e. The summed E-state index contributed by atoms with van der Waals surface area (Å²) in [5.41, 5.74) is 2.68. The van der Waals surface area contributed by atoms with Crippen LogP contribution in [0.25, 0.3) is 11.1 Å². The van der Waals surface area contributed by atoms with Crippen molar-refractivity contribution >= 4 is 5.97 Å². The van der Waals surface area contributed by atoms with Crippen molar-refractivity contribution in [1.82, 2.24) is 0 Å². The van der Waals surface area contributed by atoms with Crippen LogP contribution in [-0.4, -0.2) is 26.3 Å². The minimum Gasteiger partial charge on any atom is -0.494 e. The average Bonchev–Trinajstić information content (AvgIpc) is 2.80. The molecule has 0 fully saturated rings. The predicted octanol–water partition coefficient (Wildman–Crippen LogP) is 6.16. The first-order valence-electron chi connectivity index (χ1n) is 10.4. The number of benzene rings is 3. The Hall–Kier alpha value is -3.11. The van der Waals surface area contributed by atoms with Gasteiger partial charge in [0, 0.05) is 13.7 Å². The molecule has 0 saturated carbocycles. The van der Waals surface area contributed by atoms with E-state index in [1.165, 1.54) is 6.42 Å². The quantitative estimate of drug-likeness (QED) is 0.218. The fourth-order valence-electron chi connectivity index (χ4n) is 3.09. The zero-order valence-corrected chi connectivity index (χ0v) is 17.4. The third kappa shape index (κ3) is 6.75. The van der Waals surface area contributed by atoms with E-state index in [0.29, 0.717) is 11.3 Å². The van der Waals surface area contributed by atoms with Crippen molar-refractivity contribution in [2.45, 2.75) is 25.7 Å². The van der Waals surface area contributed by atoms with E-state index in [2.05, 4.69) is 0 Å². The second-order valence-electron chi connectivity index (χ2n) is 7.06. The first-order chi connectivity index (χ1) is 14.8. The monoisotopic (exact) mass is 404 g/mol. The number of carbonyl (C=O) groups excluding carboxylic acids is 1. The topological polar surface area (TPSA) is 44.8 Å². The van der Waals surface area contributed by atoms with E-state index >= 15 is 0 Å². The first kappa shape index (κ1) is 21.6. The van der Waals surface area contributed by atoms with Gasteiger partial charge in [-0.1, -0.05) is 48.9 Å². The van der Waals surface area contributed by atoms with Crippen molar-refractivity contribution in [1.29, 1.82) is 0 Å².